The Bertz CT molecular complexity index is 807. The van der Waals surface area contributed by atoms with Crippen LogP contribution in [0.5, 0.6) is 0 Å². The molecule has 0 aliphatic heterocycles. The van der Waals surface area contributed by atoms with Crippen molar-refractivity contribution in [3.8, 4) is 22.8 Å². The lowest BCUT2D eigenvalue weighted by molar-refractivity contribution is 0.401. The average Bonchev–Trinajstić information content (AvgIpc) is 2.99. The van der Waals surface area contributed by atoms with E-state index in [1.54, 1.807) is 0 Å². The summed E-state index contributed by atoms with van der Waals surface area (Å²) in [6, 6.07) is 0.437. The molecule has 5 nitrogen and oxygen atoms in total. The molecule has 21 heavy (non-hydrogen) atoms. The molecule has 0 N–H and O–H groups in total. The zero-order valence-electron chi connectivity index (χ0n) is 10.0. The van der Waals surface area contributed by atoms with Crippen LogP contribution in [-0.4, -0.2) is 20.1 Å². The van der Waals surface area contributed by atoms with Gasteiger partial charge in [-0.15, -0.1) is 0 Å². The monoisotopic (exact) mass is 296 g/mol. The molecule has 0 radical (unpaired) electrons. The van der Waals surface area contributed by atoms with Gasteiger partial charge in [0.15, 0.2) is 23.3 Å². The molecule has 1 aromatic carbocycles. The topological polar surface area (TPSA) is 64.7 Å². The van der Waals surface area contributed by atoms with Gasteiger partial charge in [-0.1, -0.05) is 5.16 Å². The second kappa shape index (κ2) is 4.93. The van der Waals surface area contributed by atoms with Gasteiger partial charge in [0.1, 0.15) is 6.33 Å². The third-order valence-corrected chi connectivity index (χ3v) is 2.58. The number of rotatable bonds is 2. The summed E-state index contributed by atoms with van der Waals surface area (Å²) < 4.78 is 57.5. The molecule has 106 valence electrons. The minimum atomic E-state index is -1.95. The van der Waals surface area contributed by atoms with Crippen LogP contribution in [-0.2, 0) is 0 Å². The number of aromatic nitrogens is 4. The Morgan fingerprint density at radius 2 is 1.62 bits per heavy atom. The molecule has 0 amide bonds. The lowest BCUT2D eigenvalue weighted by Crippen LogP contribution is -1.98. The van der Waals surface area contributed by atoms with Crippen molar-refractivity contribution in [3.63, 3.8) is 0 Å². The maximum Gasteiger partial charge on any atom is 0.261 e. The first-order chi connectivity index (χ1) is 10.1. The van der Waals surface area contributed by atoms with Gasteiger partial charge in [-0.05, 0) is 6.07 Å². The molecule has 0 saturated heterocycles. The van der Waals surface area contributed by atoms with E-state index in [9.17, 15) is 17.6 Å². The summed E-state index contributed by atoms with van der Waals surface area (Å²) in [5, 5.41) is 3.51. The molecule has 0 saturated carbocycles. The molecule has 2 aromatic heterocycles. The van der Waals surface area contributed by atoms with Crippen LogP contribution in [0.25, 0.3) is 22.8 Å². The number of halogens is 4. The third-order valence-electron chi connectivity index (χ3n) is 2.58. The normalized spacial score (nSPS) is 10.9. The molecule has 0 atom stereocenters. The summed E-state index contributed by atoms with van der Waals surface area (Å²) in [4.78, 5) is 11.2. The van der Waals surface area contributed by atoms with Crippen molar-refractivity contribution >= 4 is 0 Å². The van der Waals surface area contributed by atoms with Crippen molar-refractivity contribution in [2.45, 2.75) is 0 Å². The van der Waals surface area contributed by atoms with Crippen LogP contribution in [0, 0.1) is 23.3 Å². The fourth-order valence-electron chi connectivity index (χ4n) is 1.59. The summed E-state index contributed by atoms with van der Waals surface area (Å²) in [5.41, 5.74) is -0.321. The molecule has 3 aromatic rings. The van der Waals surface area contributed by atoms with E-state index in [0.29, 0.717) is 11.6 Å². The van der Waals surface area contributed by atoms with E-state index in [1.807, 2.05) is 0 Å². The van der Waals surface area contributed by atoms with Crippen LogP contribution >= 0.6 is 0 Å². The lowest BCUT2D eigenvalue weighted by atomic mass is 10.2. The molecule has 0 bridgehead atoms. The maximum atomic E-state index is 13.6. The molecule has 0 unspecified atom stereocenters. The van der Waals surface area contributed by atoms with Crippen LogP contribution in [0.1, 0.15) is 0 Å². The zero-order chi connectivity index (χ0) is 15.0. The van der Waals surface area contributed by atoms with Gasteiger partial charge in [-0.25, -0.2) is 27.5 Å². The Labute approximate surface area is 114 Å². The van der Waals surface area contributed by atoms with E-state index >= 15 is 0 Å². The number of hydrogen-bond donors (Lipinski definition) is 0. The van der Waals surface area contributed by atoms with E-state index in [1.165, 1.54) is 18.7 Å². The highest BCUT2D eigenvalue weighted by Gasteiger charge is 2.23. The van der Waals surface area contributed by atoms with Crippen molar-refractivity contribution in [2.75, 3.05) is 0 Å². The Kier molecular flexibility index (Phi) is 3.09. The molecule has 0 fully saturated rings. The van der Waals surface area contributed by atoms with Crippen LogP contribution in [0.3, 0.4) is 0 Å². The number of benzene rings is 1. The summed E-state index contributed by atoms with van der Waals surface area (Å²) >= 11 is 0. The quantitative estimate of drug-likeness (QED) is 0.413. The minimum Gasteiger partial charge on any atom is -0.333 e. The van der Waals surface area contributed by atoms with E-state index in [2.05, 4.69) is 20.1 Å². The smallest absolute Gasteiger partial charge is 0.261 e. The minimum absolute atomic E-state index is 0.00450. The molecule has 0 aliphatic rings. The SMILES string of the molecule is Fc1cc(-c2nc(-c3cncnc3)no2)c(F)c(F)c1F. The fraction of sp³-hybridized carbons (Fsp3) is 0. The summed E-state index contributed by atoms with van der Waals surface area (Å²) in [6.07, 6.45) is 4.00. The first-order valence-corrected chi connectivity index (χ1v) is 5.50. The van der Waals surface area contributed by atoms with Gasteiger partial charge in [0.2, 0.25) is 5.82 Å². The maximum absolute atomic E-state index is 13.6. The van der Waals surface area contributed by atoms with Gasteiger partial charge >= 0.3 is 0 Å². The van der Waals surface area contributed by atoms with Crippen molar-refractivity contribution in [2.24, 2.45) is 0 Å². The molecule has 0 aliphatic carbocycles. The molecular formula is C12H4F4N4O. The summed E-state index contributed by atoms with van der Waals surface area (Å²) in [7, 11) is 0. The largest absolute Gasteiger partial charge is 0.333 e. The van der Waals surface area contributed by atoms with Crippen LogP contribution in [0.4, 0.5) is 17.6 Å². The first kappa shape index (κ1) is 13.2. The van der Waals surface area contributed by atoms with Crippen molar-refractivity contribution in [1.29, 1.82) is 0 Å². The standard InChI is InChI=1S/C12H4F4N4O/c13-7-1-6(8(14)10(16)9(7)15)12-19-11(20-21-12)5-2-17-4-18-3-5/h1-4H. The second-order valence-electron chi connectivity index (χ2n) is 3.90. The van der Waals surface area contributed by atoms with Crippen LogP contribution < -0.4 is 0 Å². The van der Waals surface area contributed by atoms with Crippen LogP contribution in [0.2, 0.25) is 0 Å². The van der Waals surface area contributed by atoms with E-state index in [4.69, 9.17) is 4.52 Å². The van der Waals surface area contributed by atoms with Crippen LogP contribution in [0.15, 0.2) is 29.3 Å². The first-order valence-electron chi connectivity index (χ1n) is 5.50. The van der Waals surface area contributed by atoms with E-state index < -0.39 is 34.7 Å². The van der Waals surface area contributed by atoms with Gasteiger partial charge in [0, 0.05) is 12.4 Å². The van der Waals surface area contributed by atoms with Gasteiger partial charge in [0.05, 0.1) is 11.1 Å². The van der Waals surface area contributed by atoms with Gasteiger partial charge < -0.3 is 4.52 Å². The molecule has 0 spiro atoms. The fourth-order valence-corrected chi connectivity index (χ4v) is 1.59. The Hall–Kier alpha value is -2.84. The van der Waals surface area contributed by atoms with Gasteiger partial charge in [0.25, 0.3) is 5.89 Å². The molecule has 9 heteroatoms. The predicted octanol–water partition coefficient (Wildman–Crippen LogP) is 2.75. The highest BCUT2D eigenvalue weighted by atomic mass is 19.2. The zero-order valence-corrected chi connectivity index (χ0v) is 10.0. The number of hydrogen-bond acceptors (Lipinski definition) is 5. The Morgan fingerprint density at radius 3 is 2.33 bits per heavy atom. The molecule has 3 rings (SSSR count). The summed E-state index contributed by atoms with van der Waals surface area (Å²) in [6.45, 7) is 0. The van der Waals surface area contributed by atoms with Crippen molar-refractivity contribution in [1.82, 2.24) is 20.1 Å². The molecule has 2 heterocycles. The Balaban J connectivity index is 2.09. The second-order valence-corrected chi connectivity index (χ2v) is 3.90. The average molecular weight is 296 g/mol. The van der Waals surface area contributed by atoms with Gasteiger partial charge in [-0.3, -0.25) is 0 Å². The lowest BCUT2D eigenvalue weighted by Gasteiger charge is -2.01. The van der Waals surface area contributed by atoms with E-state index in [0.717, 1.165) is 0 Å². The van der Waals surface area contributed by atoms with Crippen molar-refractivity contribution in [3.05, 3.63) is 48.1 Å². The third kappa shape index (κ3) is 2.22. The summed E-state index contributed by atoms with van der Waals surface area (Å²) in [5.74, 6) is -7.54. The highest BCUT2D eigenvalue weighted by molar-refractivity contribution is 5.59. The van der Waals surface area contributed by atoms with E-state index in [-0.39, 0.29) is 5.82 Å². The highest BCUT2D eigenvalue weighted by Crippen LogP contribution is 2.28. The predicted molar refractivity (Wildman–Crippen MR) is 60.6 cm³/mol. The van der Waals surface area contributed by atoms with Gasteiger partial charge in [-0.2, -0.15) is 4.98 Å². The molecular weight excluding hydrogens is 292 g/mol. The number of nitrogens with zero attached hydrogens (tertiary/aromatic N) is 4. The Morgan fingerprint density at radius 1 is 0.905 bits per heavy atom. The van der Waals surface area contributed by atoms with Crippen molar-refractivity contribution < 1.29 is 22.1 Å².